The van der Waals surface area contributed by atoms with Crippen LogP contribution < -0.4 is 10.2 Å². The summed E-state index contributed by atoms with van der Waals surface area (Å²) < 4.78 is 39.1. The van der Waals surface area contributed by atoms with Gasteiger partial charge in [-0.2, -0.15) is 0 Å². The third-order valence-corrected chi connectivity index (χ3v) is 8.42. The monoisotopic (exact) mass is 630 g/mol. The number of nitrogens with one attached hydrogen (secondary N) is 1. The molecule has 3 unspecified atom stereocenters. The highest BCUT2D eigenvalue weighted by Gasteiger charge is 2.39. The topological polar surface area (TPSA) is 119 Å². The number of ether oxygens (including phenoxy) is 2. The quantitative estimate of drug-likeness (QED) is 0.263. The van der Waals surface area contributed by atoms with E-state index >= 15 is 0 Å². The maximum Gasteiger partial charge on any atom is 0.341 e. The molecule has 2 aliphatic heterocycles. The summed E-state index contributed by atoms with van der Waals surface area (Å²) in [6, 6.07) is 1.16. The molecule has 0 aliphatic carbocycles. The van der Waals surface area contributed by atoms with Crippen LogP contribution in [0.5, 0.6) is 0 Å². The third kappa shape index (κ3) is 6.23. The Bertz CT molecular complexity index is 1570. The minimum atomic E-state index is -1.22. The van der Waals surface area contributed by atoms with Crippen molar-refractivity contribution in [3.63, 3.8) is 0 Å². The molecule has 0 amide bonds. The number of carbonyl (C=O) groups is 2. The Balaban J connectivity index is 1.51. The lowest BCUT2D eigenvalue weighted by Crippen LogP contribution is -2.45. The second kappa shape index (κ2) is 13.1. The number of esters is 2. The highest BCUT2D eigenvalue weighted by atomic mass is 35.5. The SMILES string of the molecule is CCOC(=O)C1=C(C2CCN(c3ncc(C(=O)OCC)cn3)C(C)C2)NC(c2nccs2)=NC1c1ccc(F)c(F)c1Cl. The Morgan fingerprint density at radius 3 is 2.49 bits per heavy atom. The van der Waals surface area contributed by atoms with Gasteiger partial charge in [-0.05, 0) is 39.7 Å². The molecule has 43 heavy (non-hydrogen) atoms. The number of carbonyl (C=O) groups excluding carboxylic acids is 2. The number of hydrogen-bond acceptors (Lipinski definition) is 11. The minimum Gasteiger partial charge on any atom is -0.463 e. The molecule has 0 saturated carbocycles. The van der Waals surface area contributed by atoms with Crippen LogP contribution in [-0.4, -0.2) is 58.5 Å². The highest BCUT2D eigenvalue weighted by Crippen LogP contribution is 2.41. The molecule has 2 aromatic heterocycles. The molecule has 1 fully saturated rings. The molecule has 5 rings (SSSR count). The van der Waals surface area contributed by atoms with Crippen molar-refractivity contribution in [1.82, 2.24) is 20.3 Å². The zero-order valence-electron chi connectivity index (χ0n) is 23.6. The molecule has 3 atom stereocenters. The van der Waals surface area contributed by atoms with E-state index in [0.717, 1.165) is 6.07 Å². The van der Waals surface area contributed by atoms with Gasteiger partial charge >= 0.3 is 11.9 Å². The van der Waals surface area contributed by atoms with Crippen molar-refractivity contribution in [3.05, 3.63) is 80.2 Å². The number of rotatable bonds is 8. The van der Waals surface area contributed by atoms with Crippen LogP contribution in [-0.2, 0) is 14.3 Å². The van der Waals surface area contributed by atoms with Crippen LogP contribution in [0.1, 0.15) is 60.6 Å². The molecular weight excluding hydrogens is 602 g/mol. The number of allylic oxidation sites excluding steroid dienone is 1. The van der Waals surface area contributed by atoms with Gasteiger partial charge in [-0.25, -0.2) is 33.3 Å². The number of halogens is 3. The summed E-state index contributed by atoms with van der Waals surface area (Å²) in [5.74, 6) is -2.77. The number of thiazole rings is 1. The Morgan fingerprint density at radius 2 is 1.84 bits per heavy atom. The van der Waals surface area contributed by atoms with Gasteiger partial charge in [0.25, 0.3) is 0 Å². The first-order chi connectivity index (χ1) is 20.7. The maximum absolute atomic E-state index is 14.7. The summed E-state index contributed by atoms with van der Waals surface area (Å²) in [7, 11) is 0. The van der Waals surface area contributed by atoms with E-state index in [-0.39, 0.29) is 41.9 Å². The smallest absolute Gasteiger partial charge is 0.341 e. The Morgan fingerprint density at radius 1 is 1.12 bits per heavy atom. The number of amidine groups is 1. The lowest BCUT2D eigenvalue weighted by atomic mass is 9.83. The zero-order valence-corrected chi connectivity index (χ0v) is 25.2. The minimum absolute atomic E-state index is 0.0718. The normalized spacial score (nSPS) is 20.4. The fourth-order valence-electron chi connectivity index (χ4n) is 5.27. The number of aromatic nitrogens is 3. The number of piperidine rings is 1. The van der Waals surface area contributed by atoms with E-state index in [9.17, 15) is 18.4 Å². The van der Waals surface area contributed by atoms with Gasteiger partial charge in [0.15, 0.2) is 22.5 Å². The zero-order chi connectivity index (χ0) is 30.7. The molecule has 0 bridgehead atoms. The number of benzene rings is 1. The van der Waals surface area contributed by atoms with E-state index in [0.29, 0.717) is 41.9 Å². The Labute approximate surface area is 255 Å². The Kier molecular flexibility index (Phi) is 9.31. The first-order valence-electron chi connectivity index (χ1n) is 13.8. The van der Waals surface area contributed by atoms with E-state index < -0.39 is 34.6 Å². The summed E-state index contributed by atoms with van der Waals surface area (Å²) in [5.41, 5.74) is 1.14. The van der Waals surface area contributed by atoms with Crippen LogP contribution in [0, 0.1) is 17.6 Å². The summed E-state index contributed by atoms with van der Waals surface area (Å²) >= 11 is 7.64. The van der Waals surface area contributed by atoms with Gasteiger partial charge in [0.2, 0.25) is 5.95 Å². The molecule has 226 valence electrons. The van der Waals surface area contributed by atoms with Crippen molar-refractivity contribution in [1.29, 1.82) is 0 Å². The van der Waals surface area contributed by atoms with Crippen LogP contribution >= 0.6 is 22.9 Å². The second-order valence-corrected chi connectivity index (χ2v) is 11.2. The number of hydrogen-bond donors (Lipinski definition) is 1. The van der Waals surface area contributed by atoms with Crippen LogP contribution in [0.4, 0.5) is 14.7 Å². The maximum atomic E-state index is 14.7. The van der Waals surface area contributed by atoms with Crippen molar-refractivity contribution in [2.24, 2.45) is 10.9 Å². The molecule has 0 radical (unpaired) electrons. The van der Waals surface area contributed by atoms with Crippen LogP contribution in [0.2, 0.25) is 5.02 Å². The molecule has 2 aliphatic rings. The van der Waals surface area contributed by atoms with Gasteiger partial charge in [0.05, 0.1) is 29.4 Å². The van der Waals surface area contributed by atoms with Gasteiger partial charge < -0.3 is 19.7 Å². The number of aliphatic imine (C=N–C) groups is 1. The summed E-state index contributed by atoms with van der Waals surface area (Å²) in [6.45, 7) is 6.31. The molecule has 1 aromatic carbocycles. The fourth-order valence-corrected chi connectivity index (χ4v) is 6.11. The summed E-state index contributed by atoms with van der Waals surface area (Å²) in [6.07, 6.45) is 5.67. The van der Waals surface area contributed by atoms with Gasteiger partial charge in [-0.3, -0.25) is 4.99 Å². The Hall–Kier alpha value is -3.97. The first-order valence-corrected chi connectivity index (χ1v) is 15.0. The molecule has 0 spiro atoms. The van der Waals surface area contributed by atoms with E-state index in [2.05, 4.69) is 20.3 Å². The summed E-state index contributed by atoms with van der Waals surface area (Å²) in [4.78, 5) is 45.4. The van der Waals surface area contributed by atoms with E-state index in [1.807, 2.05) is 11.8 Å². The second-order valence-electron chi connectivity index (χ2n) is 9.91. The van der Waals surface area contributed by atoms with Crippen LogP contribution in [0.15, 0.2) is 52.4 Å². The van der Waals surface area contributed by atoms with E-state index in [1.54, 1.807) is 25.4 Å². The number of anilines is 1. The number of nitrogens with zero attached hydrogens (tertiary/aromatic N) is 5. The van der Waals surface area contributed by atoms with Gasteiger partial charge in [-0.1, -0.05) is 17.7 Å². The highest BCUT2D eigenvalue weighted by molar-refractivity contribution is 7.11. The van der Waals surface area contributed by atoms with Crippen LogP contribution in [0.3, 0.4) is 0 Å². The lowest BCUT2D eigenvalue weighted by molar-refractivity contribution is -0.139. The average molecular weight is 631 g/mol. The molecule has 1 N–H and O–H groups in total. The third-order valence-electron chi connectivity index (χ3n) is 7.26. The summed E-state index contributed by atoms with van der Waals surface area (Å²) in [5, 5.41) is 5.22. The van der Waals surface area contributed by atoms with E-state index in [4.69, 9.17) is 26.1 Å². The standard InChI is InChI=1S/C29H29ClF2N6O4S/c1-4-41-27(39)17-13-34-29(35-14-17)38-10-8-16(12-15(38)3)23-20(28(40)42-5-2)24(18-6-7-19(31)22(32)21(18)30)37-25(36-23)26-33-9-11-43-26/h6-7,9,11,13-16,24H,4-5,8,10,12H2,1-3H3,(H,36,37). The fraction of sp³-hybridized carbons (Fsp3) is 0.379. The molecular formula is C29H29ClF2N6O4S. The molecule has 4 heterocycles. The van der Waals surface area contributed by atoms with Crippen molar-refractivity contribution < 1.29 is 27.8 Å². The van der Waals surface area contributed by atoms with Gasteiger partial charge in [-0.15, -0.1) is 11.3 Å². The van der Waals surface area contributed by atoms with E-state index in [1.165, 1.54) is 29.8 Å². The lowest BCUT2D eigenvalue weighted by Gasteiger charge is -2.40. The van der Waals surface area contributed by atoms with Crippen molar-refractivity contribution in [3.8, 4) is 0 Å². The molecule has 3 aromatic rings. The first kappa shape index (κ1) is 30.5. The molecule has 14 heteroatoms. The van der Waals surface area contributed by atoms with Gasteiger partial charge in [0.1, 0.15) is 6.04 Å². The van der Waals surface area contributed by atoms with Crippen molar-refractivity contribution in [2.45, 2.75) is 45.7 Å². The predicted octanol–water partition coefficient (Wildman–Crippen LogP) is 5.25. The van der Waals surface area contributed by atoms with Gasteiger partial charge in [0, 0.05) is 53.7 Å². The van der Waals surface area contributed by atoms with Crippen molar-refractivity contribution >= 4 is 46.7 Å². The largest absolute Gasteiger partial charge is 0.463 e. The van der Waals surface area contributed by atoms with Crippen molar-refractivity contribution in [2.75, 3.05) is 24.7 Å². The predicted molar refractivity (Wildman–Crippen MR) is 157 cm³/mol. The molecule has 10 nitrogen and oxygen atoms in total. The average Bonchev–Trinajstić information content (AvgIpc) is 3.55. The van der Waals surface area contributed by atoms with Crippen LogP contribution in [0.25, 0.3) is 0 Å². The molecule has 1 saturated heterocycles.